The highest BCUT2D eigenvalue weighted by atomic mass is 32.2. The average molecular weight is 291 g/mol. The van der Waals surface area contributed by atoms with Crippen LogP contribution in [0.5, 0.6) is 0 Å². The zero-order chi connectivity index (χ0) is 14.5. The predicted molar refractivity (Wildman–Crippen MR) is 86.1 cm³/mol. The van der Waals surface area contributed by atoms with Crippen molar-refractivity contribution in [3.8, 4) is 0 Å². The lowest BCUT2D eigenvalue weighted by molar-refractivity contribution is -0.131. The molecule has 0 aromatic heterocycles. The largest absolute Gasteiger partial charge is 0.342 e. The molecule has 0 heterocycles. The normalized spacial score (nSPS) is 17.8. The predicted octanol–water partition coefficient (Wildman–Crippen LogP) is 4.27. The SMILES string of the molecule is Cc1ccc(SC(C)C(=O)N(C)C2CCCCC2)cc1. The maximum absolute atomic E-state index is 12.5. The van der Waals surface area contributed by atoms with Gasteiger partial charge in [-0.2, -0.15) is 0 Å². The molecule has 1 aromatic rings. The maximum atomic E-state index is 12.5. The van der Waals surface area contributed by atoms with Crippen LogP contribution in [0.15, 0.2) is 29.2 Å². The van der Waals surface area contributed by atoms with Crippen LogP contribution in [-0.2, 0) is 4.79 Å². The number of hydrogen-bond donors (Lipinski definition) is 0. The average Bonchev–Trinajstić information content (AvgIpc) is 2.49. The van der Waals surface area contributed by atoms with Crippen LogP contribution in [-0.4, -0.2) is 29.1 Å². The fourth-order valence-corrected chi connectivity index (χ4v) is 3.77. The summed E-state index contributed by atoms with van der Waals surface area (Å²) in [6.07, 6.45) is 6.20. The molecular weight excluding hydrogens is 266 g/mol. The van der Waals surface area contributed by atoms with Crippen molar-refractivity contribution in [2.75, 3.05) is 7.05 Å². The van der Waals surface area contributed by atoms with Crippen LogP contribution in [0.2, 0.25) is 0 Å². The van der Waals surface area contributed by atoms with Crippen molar-refractivity contribution in [2.24, 2.45) is 0 Å². The number of amides is 1. The summed E-state index contributed by atoms with van der Waals surface area (Å²) < 4.78 is 0. The molecule has 1 aromatic carbocycles. The van der Waals surface area contributed by atoms with Gasteiger partial charge >= 0.3 is 0 Å². The van der Waals surface area contributed by atoms with Crippen LogP contribution in [0.1, 0.15) is 44.6 Å². The molecule has 2 nitrogen and oxygen atoms in total. The summed E-state index contributed by atoms with van der Waals surface area (Å²) in [4.78, 5) is 15.7. The van der Waals surface area contributed by atoms with E-state index in [0.717, 1.165) is 0 Å². The van der Waals surface area contributed by atoms with Crippen molar-refractivity contribution in [3.63, 3.8) is 0 Å². The van der Waals surface area contributed by atoms with Crippen molar-refractivity contribution >= 4 is 17.7 Å². The zero-order valence-corrected chi connectivity index (χ0v) is 13.6. The first-order valence-corrected chi connectivity index (χ1v) is 8.46. The molecule has 0 N–H and O–H groups in total. The lowest BCUT2D eigenvalue weighted by atomic mass is 9.94. The number of benzene rings is 1. The van der Waals surface area contributed by atoms with Crippen LogP contribution in [0, 0.1) is 6.92 Å². The van der Waals surface area contributed by atoms with E-state index in [0.29, 0.717) is 6.04 Å². The van der Waals surface area contributed by atoms with Crippen molar-refractivity contribution in [1.29, 1.82) is 0 Å². The van der Waals surface area contributed by atoms with Crippen LogP contribution in [0.4, 0.5) is 0 Å². The Bertz CT molecular complexity index is 437. The van der Waals surface area contributed by atoms with Gasteiger partial charge in [-0.15, -0.1) is 11.8 Å². The van der Waals surface area contributed by atoms with E-state index < -0.39 is 0 Å². The second kappa shape index (κ2) is 7.16. The number of hydrogen-bond acceptors (Lipinski definition) is 2. The smallest absolute Gasteiger partial charge is 0.235 e. The van der Waals surface area contributed by atoms with Gasteiger partial charge in [0, 0.05) is 18.0 Å². The molecule has 2 rings (SSSR count). The Labute approximate surface area is 126 Å². The Morgan fingerprint density at radius 3 is 2.40 bits per heavy atom. The van der Waals surface area contributed by atoms with Crippen molar-refractivity contribution in [3.05, 3.63) is 29.8 Å². The van der Waals surface area contributed by atoms with E-state index in [1.807, 2.05) is 18.9 Å². The molecule has 1 atom stereocenters. The molecule has 20 heavy (non-hydrogen) atoms. The summed E-state index contributed by atoms with van der Waals surface area (Å²) in [7, 11) is 1.98. The highest BCUT2D eigenvalue weighted by molar-refractivity contribution is 8.00. The summed E-state index contributed by atoms with van der Waals surface area (Å²) in [5.74, 6) is 0.266. The number of rotatable bonds is 4. The van der Waals surface area contributed by atoms with E-state index in [-0.39, 0.29) is 11.2 Å². The summed E-state index contributed by atoms with van der Waals surface area (Å²) >= 11 is 1.66. The highest BCUT2D eigenvalue weighted by Gasteiger charge is 2.25. The summed E-state index contributed by atoms with van der Waals surface area (Å²) in [6.45, 7) is 4.10. The Morgan fingerprint density at radius 1 is 1.20 bits per heavy atom. The van der Waals surface area contributed by atoms with Crippen LogP contribution >= 0.6 is 11.8 Å². The van der Waals surface area contributed by atoms with E-state index in [2.05, 4.69) is 31.2 Å². The molecule has 0 bridgehead atoms. The maximum Gasteiger partial charge on any atom is 0.235 e. The molecule has 1 fully saturated rings. The van der Waals surface area contributed by atoms with Gasteiger partial charge in [0.2, 0.25) is 5.91 Å². The minimum atomic E-state index is -0.00960. The monoisotopic (exact) mass is 291 g/mol. The Morgan fingerprint density at radius 2 is 1.80 bits per heavy atom. The number of thioether (sulfide) groups is 1. The summed E-state index contributed by atoms with van der Waals surface area (Å²) in [5.41, 5.74) is 1.26. The van der Waals surface area contributed by atoms with E-state index in [4.69, 9.17) is 0 Å². The molecule has 1 unspecified atom stereocenters. The highest BCUT2D eigenvalue weighted by Crippen LogP contribution is 2.27. The molecule has 3 heteroatoms. The van der Waals surface area contributed by atoms with Gasteiger partial charge in [0.05, 0.1) is 5.25 Å². The van der Waals surface area contributed by atoms with Gasteiger partial charge in [-0.05, 0) is 38.8 Å². The molecule has 1 aliphatic rings. The van der Waals surface area contributed by atoms with Crippen molar-refractivity contribution in [2.45, 2.75) is 62.1 Å². The van der Waals surface area contributed by atoms with E-state index in [1.54, 1.807) is 11.8 Å². The van der Waals surface area contributed by atoms with Crippen LogP contribution < -0.4 is 0 Å². The van der Waals surface area contributed by atoms with Gasteiger partial charge < -0.3 is 4.90 Å². The fraction of sp³-hybridized carbons (Fsp3) is 0.588. The van der Waals surface area contributed by atoms with Gasteiger partial charge in [0.15, 0.2) is 0 Å². The molecule has 110 valence electrons. The van der Waals surface area contributed by atoms with E-state index >= 15 is 0 Å². The number of carbonyl (C=O) groups excluding carboxylic acids is 1. The van der Waals surface area contributed by atoms with E-state index in [1.165, 1.54) is 42.6 Å². The molecule has 0 saturated heterocycles. The van der Waals surface area contributed by atoms with E-state index in [9.17, 15) is 4.79 Å². The number of carbonyl (C=O) groups is 1. The number of nitrogens with zero attached hydrogens (tertiary/aromatic N) is 1. The van der Waals surface area contributed by atoms with Gasteiger partial charge in [-0.25, -0.2) is 0 Å². The topological polar surface area (TPSA) is 20.3 Å². The molecule has 0 spiro atoms. The minimum absolute atomic E-state index is 0.00960. The lowest BCUT2D eigenvalue weighted by Gasteiger charge is -2.32. The zero-order valence-electron chi connectivity index (χ0n) is 12.8. The van der Waals surface area contributed by atoms with Crippen LogP contribution in [0.3, 0.4) is 0 Å². The third-order valence-electron chi connectivity index (χ3n) is 4.15. The Balaban J connectivity index is 1.92. The first-order chi connectivity index (χ1) is 9.58. The Hall–Kier alpha value is -0.960. The lowest BCUT2D eigenvalue weighted by Crippen LogP contribution is -2.42. The van der Waals surface area contributed by atoms with Gasteiger partial charge in [0.1, 0.15) is 0 Å². The first-order valence-electron chi connectivity index (χ1n) is 7.58. The van der Waals surface area contributed by atoms with Gasteiger partial charge in [0.25, 0.3) is 0 Å². The molecule has 0 radical (unpaired) electrons. The second-order valence-corrected chi connectivity index (χ2v) is 7.23. The minimum Gasteiger partial charge on any atom is -0.342 e. The van der Waals surface area contributed by atoms with Gasteiger partial charge in [-0.1, -0.05) is 37.0 Å². The third kappa shape index (κ3) is 4.02. The third-order valence-corrected chi connectivity index (χ3v) is 5.25. The summed E-state index contributed by atoms with van der Waals surface area (Å²) in [6, 6.07) is 8.86. The van der Waals surface area contributed by atoms with Crippen molar-refractivity contribution < 1.29 is 4.79 Å². The second-order valence-electron chi connectivity index (χ2n) is 5.81. The molecule has 1 amide bonds. The Kier molecular flexibility index (Phi) is 5.53. The standard InChI is InChI=1S/C17H25NOS/c1-13-9-11-16(12-10-13)20-14(2)17(19)18(3)15-7-5-4-6-8-15/h9-12,14-15H,4-8H2,1-3H3. The van der Waals surface area contributed by atoms with Gasteiger partial charge in [-0.3, -0.25) is 4.79 Å². The molecule has 0 aliphatic heterocycles. The molecule has 1 saturated carbocycles. The van der Waals surface area contributed by atoms with Crippen LogP contribution in [0.25, 0.3) is 0 Å². The summed E-state index contributed by atoms with van der Waals surface area (Å²) in [5, 5.41) is -0.00960. The van der Waals surface area contributed by atoms with Crippen molar-refractivity contribution in [1.82, 2.24) is 4.90 Å². The quantitative estimate of drug-likeness (QED) is 0.772. The fourth-order valence-electron chi connectivity index (χ4n) is 2.81. The molecular formula is C17H25NOS. The molecule has 1 aliphatic carbocycles. The first kappa shape index (κ1) is 15.4. The number of aryl methyl sites for hydroxylation is 1.